The molecule has 1 fully saturated rings. The second kappa shape index (κ2) is 14.0. The van der Waals surface area contributed by atoms with Crippen LogP contribution in [-0.2, 0) is 22.5 Å². The second-order valence-corrected chi connectivity index (χ2v) is 10.00. The van der Waals surface area contributed by atoms with E-state index in [1.165, 1.54) is 25.8 Å². The number of nitrogens with zero attached hydrogens (tertiary/aromatic N) is 7. The SMILES string of the molecule is [C-]#[N+]c1ccc(C[C@H](Nc2ncnc(Nc3cccc(CN4CCN(C(=O)c5ncc[nH]c5=O)CC4)c3)n2)C(=O)OC)cc1. The van der Waals surface area contributed by atoms with Gasteiger partial charge in [-0.1, -0.05) is 36.4 Å². The molecule has 0 unspecified atom stereocenters. The summed E-state index contributed by atoms with van der Waals surface area (Å²) in [5.41, 5.74) is 2.61. The van der Waals surface area contributed by atoms with Gasteiger partial charge in [0.25, 0.3) is 11.5 Å². The Morgan fingerprint density at radius 3 is 2.55 bits per heavy atom. The lowest BCUT2D eigenvalue weighted by atomic mass is 10.1. The standard InChI is InChI=1S/C30H30N10O4/c1-31-22-8-6-20(7-9-22)17-24(28(43)44-2)37-30-35-19-34-29(38-30)36-23-5-3-4-21(16-23)18-39-12-14-40(15-13-39)27(42)25-26(41)33-11-10-32-25/h3-11,16,19,24H,12-15,17-18H2,2H3,(H,33,41)(H2,34,35,36,37,38)/t24-/m0/s1. The maximum absolute atomic E-state index is 12.7. The Bertz CT molecular complexity index is 1710. The van der Waals surface area contributed by atoms with E-state index in [4.69, 9.17) is 11.3 Å². The van der Waals surface area contributed by atoms with Crippen molar-refractivity contribution >= 4 is 35.1 Å². The zero-order valence-electron chi connectivity index (χ0n) is 23.9. The highest BCUT2D eigenvalue weighted by Gasteiger charge is 2.25. The number of nitrogens with one attached hydrogen (secondary N) is 3. The molecule has 224 valence electrons. The van der Waals surface area contributed by atoms with Gasteiger partial charge in [0.2, 0.25) is 11.9 Å². The van der Waals surface area contributed by atoms with E-state index in [9.17, 15) is 14.4 Å². The molecule has 44 heavy (non-hydrogen) atoms. The maximum Gasteiger partial charge on any atom is 0.328 e. The molecular formula is C30H30N10O4. The van der Waals surface area contributed by atoms with Crippen molar-refractivity contribution in [3.8, 4) is 0 Å². The van der Waals surface area contributed by atoms with Crippen molar-refractivity contribution in [1.82, 2.24) is 34.7 Å². The lowest BCUT2D eigenvalue weighted by Gasteiger charge is -2.34. The molecule has 3 heterocycles. The van der Waals surface area contributed by atoms with Gasteiger partial charge in [0, 0.05) is 57.2 Å². The van der Waals surface area contributed by atoms with Crippen LogP contribution in [0.4, 0.5) is 23.3 Å². The number of carbonyl (C=O) groups is 2. The van der Waals surface area contributed by atoms with E-state index in [-0.39, 0.29) is 17.5 Å². The van der Waals surface area contributed by atoms with Gasteiger partial charge in [-0.05, 0) is 23.3 Å². The number of anilines is 3. The normalized spacial score (nSPS) is 13.9. The summed E-state index contributed by atoms with van der Waals surface area (Å²) in [4.78, 5) is 63.6. The van der Waals surface area contributed by atoms with Gasteiger partial charge in [-0.15, -0.1) is 0 Å². The molecule has 5 rings (SSSR count). The monoisotopic (exact) mass is 594 g/mol. The summed E-state index contributed by atoms with van der Waals surface area (Å²) in [5.74, 6) is -0.345. The van der Waals surface area contributed by atoms with Gasteiger partial charge < -0.3 is 25.3 Å². The molecule has 14 heteroatoms. The summed E-state index contributed by atoms with van der Waals surface area (Å²) in [7, 11) is 1.32. The van der Waals surface area contributed by atoms with Crippen LogP contribution < -0.4 is 16.2 Å². The molecule has 0 bridgehead atoms. The summed E-state index contributed by atoms with van der Waals surface area (Å²) >= 11 is 0. The Kier molecular flexibility index (Phi) is 9.48. The van der Waals surface area contributed by atoms with Crippen LogP contribution in [0.5, 0.6) is 0 Å². The molecule has 1 aliphatic rings. The number of benzene rings is 2. The minimum Gasteiger partial charge on any atom is -0.467 e. The van der Waals surface area contributed by atoms with Crippen molar-refractivity contribution in [3.05, 3.63) is 106 Å². The predicted octanol–water partition coefficient (Wildman–Crippen LogP) is 2.40. The second-order valence-electron chi connectivity index (χ2n) is 10.00. The lowest BCUT2D eigenvalue weighted by molar-refractivity contribution is -0.141. The number of esters is 1. The van der Waals surface area contributed by atoms with Crippen molar-refractivity contribution in [1.29, 1.82) is 0 Å². The van der Waals surface area contributed by atoms with Crippen LogP contribution in [-0.4, -0.2) is 85.9 Å². The summed E-state index contributed by atoms with van der Waals surface area (Å²) in [6, 6.07) is 14.1. The number of hydrogen-bond donors (Lipinski definition) is 3. The van der Waals surface area contributed by atoms with E-state index in [1.54, 1.807) is 29.2 Å². The lowest BCUT2D eigenvalue weighted by Crippen LogP contribution is -2.49. The molecule has 14 nitrogen and oxygen atoms in total. The third kappa shape index (κ3) is 7.58. The van der Waals surface area contributed by atoms with Gasteiger partial charge in [0.05, 0.1) is 13.7 Å². The van der Waals surface area contributed by atoms with Crippen LogP contribution >= 0.6 is 0 Å². The highest BCUT2D eigenvalue weighted by atomic mass is 16.5. The number of aromatic amines is 1. The number of aromatic nitrogens is 5. The number of ether oxygens (including phenoxy) is 1. The van der Waals surface area contributed by atoms with Gasteiger partial charge in [-0.3, -0.25) is 14.5 Å². The van der Waals surface area contributed by atoms with Gasteiger partial charge in [0.15, 0.2) is 11.4 Å². The molecule has 4 aromatic rings. The highest BCUT2D eigenvalue weighted by Crippen LogP contribution is 2.19. The molecule has 2 aromatic heterocycles. The van der Waals surface area contributed by atoms with Gasteiger partial charge in [-0.25, -0.2) is 24.6 Å². The largest absolute Gasteiger partial charge is 0.467 e. The zero-order valence-corrected chi connectivity index (χ0v) is 23.9. The smallest absolute Gasteiger partial charge is 0.328 e. The number of rotatable bonds is 10. The summed E-state index contributed by atoms with van der Waals surface area (Å²) in [6.07, 6.45) is 4.46. The fourth-order valence-electron chi connectivity index (χ4n) is 4.76. The third-order valence-corrected chi connectivity index (χ3v) is 7.03. The van der Waals surface area contributed by atoms with E-state index in [0.29, 0.717) is 50.8 Å². The predicted molar refractivity (Wildman–Crippen MR) is 161 cm³/mol. The van der Waals surface area contributed by atoms with Gasteiger partial charge >= 0.3 is 5.97 Å². The van der Waals surface area contributed by atoms with E-state index in [1.807, 2.05) is 24.3 Å². The fraction of sp³-hybridized carbons (Fsp3) is 0.267. The van der Waals surface area contributed by atoms with Crippen molar-refractivity contribution in [2.45, 2.75) is 19.0 Å². The van der Waals surface area contributed by atoms with E-state index < -0.39 is 17.6 Å². The first-order valence-corrected chi connectivity index (χ1v) is 13.8. The molecular weight excluding hydrogens is 564 g/mol. The first kappa shape index (κ1) is 29.8. The molecule has 0 saturated carbocycles. The molecule has 1 amide bonds. The highest BCUT2D eigenvalue weighted by molar-refractivity contribution is 5.92. The summed E-state index contributed by atoms with van der Waals surface area (Å²) in [6.45, 7) is 10.1. The molecule has 1 atom stereocenters. The van der Waals surface area contributed by atoms with E-state index in [0.717, 1.165) is 16.8 Å². The Hall–Kier alpha value is -5.68. The Labute approximate surface area is 253 Å². The van der Waals surface area contributed by atoms with E-state index in [2.05, 4.69) is 45.3 Å². The average molecular weight is 595 g/mol. The number of piperazine rings is 1. The van der Waals surface area contributed by atoms with Crippen LogP contribution in [0, 0.1) is 6.57 Å². The fourth-order valence-corrected chi connectivity index (χ4v) is 4.76. The molecule has 0 aliphatic carbocycles. The Balaban J connectivity index is 1.18. The molecule has 0 spiro atoms. The molecule has 3 N–H and O–H groups in total. The Morgan fingerprint density at radius 1 is 1.05 bits per heavy atom. The van der Waals surface area contributed by atoms with Crippen molar-refractivity contribution < 1.29 is 14.3 Å². The molecule has 1 saturated heterocycles. The number of hydrogen-bond acceptors (Lipinski definition) is 11. The summed E-state index contributed by atoms with van der Waals surface area (Å²) < 4.78 is 4.97. The minimum absolute atomic E-state index is 0.0931. The number of carbonyl (C=O) groups excluding carboxylic acids is 2. The van der Waals surface area contributed by atoms with Gasteiger partial charge in [0.1, 0.15) is 12.4 Å². The van der Waals surface area contributed by atoms with Gasteiger partial charge in [-0.2, -0.15) is 4.98 Å². The van der Waals surface area contributed by atoms with Crippen LogP contribution in [0.2, 0.25) is 0 Å². The Morgan fingerprint density at radius 2 is 1.82 bits per heavy atom. The number of amides is 1. The number of methoxy groups -OCH3 is 1. The van der Waals surface area contributed by atoms with Crippen LogP contribution in [0.25, 0.3) is 4.85 Å². The molecule has 0 radical (unpaired) electrons. The summed E-state index contributed by atoms with van der Waals surface area (Å²) in [5, 5.41) is 6.22. The quantitative estimate of drug-likeness (QED) is 0.183. The van der Waals surface area contributed by atoms with Crippen molar-refractivity contribution in [2.24, 2.45) is 0 Å². The van der Waals surface area contributed by atoms with Crippen LogP contribution in [0.3, 0.4) is 0 Å². The van der Waals surface area contributed by atoms with E-state index >= 15 is 0 Å². The van der Waals surface area contributed by atoms with Crippen molar-refractivity contribution in [3.63, 3.8) is 0 Å². The molecule has 2 aromatic carbocycles. The first-order chi connectivity index (χ1) is 21.4. The van der Waals surface area contributed by atoms with Crippen molar-refractivity contribution in [2.75, 3.05) is 43.9 Å². The minimum atomic E-state index is -0.752. The maximum atomic E-state index is 12.7. The topological polar surface area (TPSA) is 163 Å². The van der Waals surface area contributed by atoms with Crippen LogP contribution in [0.15, 0.2) is 72.0 Å². The first-order valence-electron chi connectivity index (χ1n) is 13.8. The van der Waals surface area contributed by atoms with Crippen LogP contribution in [0.1, 0.15) is 21.6 Å². The average Bonchev–Trinajstić information content (AvgIpc) is 3.05. The third-order valence-electron chi connectivity index (χ3n) is 7.03. The zero-order chi connectivity index (χ0) is 30.9. The molecule has 1 aliphatic heterocycles. The number of H-pyrrole nitrogens is 1.